The highest BCUT2D eigenvalue weighted by Crippen LogP contribution is 2.31. The summed E-state index contributed by atoms with van der Waals surface area (Å²) in [4.78, 5) is 10.8. The molecular formula is C13H18O2. The molecule has 0 bridgehead atoms. The molecule has 15 heavy (non-hydrogen) atoms. The molecule has 0 aliphatic carbocycles. The number of rotatable bonds is 4. The summed E-state index contributed by atoms with van der Waals surface area (Å²) < 4.78 is 5.41. The Hall–Kier alpha value is -1.31. The summed E-state index contributed by atoms with van der Waals surface area (Å²) in [6.45, 7) is 6.27. The van der Waals surface area contributed by atoms with Crippen molar-refractivity contribution in [2.24, 2.45) is 0 Å². The van der Waals surface area contributed by atoms with Crippen LogP contribution in [0, 0.1) is 0 Å². The number of hydrogen-bond acceptors (Lipinski definition) is 2. The highest BCUT2D eigenvalue weighted by Gasteiger charge is 2.12. The quantitative estimate of drug-likeness (QED) is 0.707. The molecule has 0 aliphatic rings. The molecule has 0 N–H and O–H groups in total. The van der Waals surface area contributed by atoms with Gasteiger partial charge in [0.15, 0.2) is 0 Å². The third kappa shape index (κ3) is 2.38. The maximum Gasteiger partial charge on any atom is 0.150 e. The lowest BCUT2D eigenvalue weighted by molar-refractivity contribution is 0.112. The van der Waals surface area contributed by atoms with Gasteiger partial charge >= 0.3 is 0 Å². The van der Waals surface area contributed by atoms with Crippen molar-refractivity contribution in [3.63, 3.8) is 0 Å². The standard InChI is InChI=1S/C13H18O2/c1-5-11-6-10(8-14)7-12(9(2)3)13(11)15-4/h6-9H,5H2,1-4H3. The highest BCUT2D eigenvalue weighted by atomic mass is 16.5. The lowest BCUT2D eigenvalue weighted by atomic mass is 9.95. The third-order valence-electron chi connectivity index (χ3n) is 2.56. The first-order chi connectivity index (χ1) is 7.13. The van der Waals surface area contributed by atoms with Gasteiger partial charge in [-0.15, -0.1) is 0 Å². The van der Waals surface area contributed by atoms with Crippen LogP contribution in [0.4, 0.5) is 0 Å². The fourth-order valence-corrected chi connectivity index (χ4v) is 1.75. The van der Waals surface area contributed by atoms with Crippen LogP contribution in [0.15, 0.2) is 12.1 Å². The van der Waals surface area contributed by atoms with Crippen molar-refractivity contribution < 1.29 is 9.53 Å². The summed E-state index contributed by atoms with van der Waals surface area (Å²) in [5, 5.41) is 0. The van der Waals surface area contributed by atoms with Gasteiger partial charge < -0.3 is 4.74 Å². The molecule has 0 spiro atoms. The fraction of sp³-hybridized carbons (Fsp3) is 0.462. The summed E-state index contributed by atoms with van der Waals surface area (Å²) in [6.07, 6.45) is 1.77. The molecule has 0 saturated carbocycles. The second-order valence-corrected chi connectivity index (χ2v) is 3.93. The van der Waals surface area contributed by atoms with Crippen LogP contribution < -0.4 is 4.74 Å². The van der Waals surface area contributed by atoms with Crippen molar-refractivity contribution in [1.82, 2.24) is 0 Å². The van der Waals surface area contributed by atoms with E-state index >= 15 is 0 Å². The molecule has 1 aromatic carbocycles. The van der Waals surface area contributed by atoms with E-state index in [-0.39, 0.29) is 0 Å². The highest BCUT2D eigenvalue weighted by molar-refractivity contribution is 5.76. The van der Waals surface area contributed by atoms with Crippen LogP contribution >= 0.6 is 0 Å². The van der Waals surface area contributed by atoms with Crippen LogP contribution in [0.2, 0.25) is 0 Å². The zero-order chi connectivity index (χ0) is 11.4. The van der Waals surface area contributed by atoms with E-state index in [4.69, 9.17) is 4.74 Å². The Labute approximate surface area is 91.3 Å². The number of benzene rings is 1. The largest absolute Gasteiger partial charge is 0.496 e. The predicted octanol–water partition coefficient (Wildman–Crippen LogP) is 3.19. The van der Waals surface area contributed by atoms with E-state index in [1.165, 1.54) is 0 Å². The van der Waals surface area contributed by atoms with Gasteiger partial charge in [-0.2, -0.15) is 0 Å². The van der Waals surface area contributed by atoms with Gasteiger partial charge in [0.05, 0.1) is 7.11 Å². The molecule has 82 valence electrons. The first kappa shape index (κ1) is 11.8. The molecule has 0 radical (unpaired) electrons. The van der Waals surface area contributed by atoms with E-state index in [0.29, 0.717) is 5.92 Å². The Morgan fingerprint density at radius 1 is 1.40 bits per heavy atom. The number of methoxy groups -OCH3 is 1. The van der Waals surface area contributed by atoms with Crippen LogP contribution in [0.25, 0.3) is 0 Å². The fourth-order valence-electron chi connectivity index (χ4n) is 1.75. The van der Waals surface area contributed by atoms with E-state index in [0.717, 1.165) is 35.1 Å². The Kier molecular flexibility index (Phi) is 3.89. The van der Waals surface area contributed by atoms with Crippen molar-refractivity contribution in [3.05, 3.63) is 28.8 Å². The Bertz CT molecular complexity index is 354. The SMILES string of the molecule is CCc1cc(C=O)cc(C(C)C)c1OC. The molecule has 2 nitrogen and oxygen atoms in total. The minimum Gasteiger partial charge on any atom is -0.496 e. The third-order valence-corrected chi connectivity index (χ3v) is 2.56. The zero-order valence-corrected chi connectivity index (χ0v) is 9.83. The Balaban J connectivity index is 3.38. The first-order valence-electron chi connectivity index (χ1n) is 5.30. The Morgan fingerprint density at radius 2 is 2.07 bits per heavy atom. The summed E-state index contributed by atoms with van der Waals surface area (Å²) >= 11 is 0. The van der Waals surface area contributed by atoms with Crippen LogP contribution in [0.3, 0.4) is 0 Å². The summed E-state index contributed by atoms with van der Waals surface area (Å²) in [5.74, 6) is 1.29. The zero-order valence-electron chi connectivity index (χ0n) is 9.83. The van der Waals surface area contributed by atoms with Gasteiger partial charge in [-0.05, 0) is 35.6 Å². The number of aldehydes is 1. The normalized spacial score (nSPS) is 10.5. The lowest BCUT2D eigenvalue weighted by Gasteiger charge is -2.16. The van der Waals surface area contributed by atoms with Crippen LogP contribution in [-0.4, -0.2) is 13.4 Å². The minimum absolute atomic E-state index is 0.366. The topological polar surface area (TPSA) is 26.3 Å². The smallest absolute Gasteiger partial charge is 0.150 e. The van der Waals surface area contributed by atoms with Gasteiger partial charge in [0.1, 0.15) is 12.0 Å². The van der Waals surface area contributed by atoms with E-state index in [1.54, 1.807) is 7.11 Å². The lowest BCUT2D eigenvalue weighted by Crippen LogP contribution is -2.00. The van der Waals surface area contributed by atoms with Crippen LogP contribution in [0.1, 0.15) is 48.2 Å². The van der Waals surface area contributed by atoms with Gasteiger partial charge in [-0.25, -0.2) is 0 Å². The van der Waals surface area contributed by atoms with Gasteiger partial charge in [-0.1, -0.05) is 20.8 Å². The molecule has 1 aromatic rings. The number of ether oxygens (including phenoxy) is 1. The van der Waals surface area contributed by atoms with Crippen molar-refractivity contribution in [1.29, 1.82) is 0 Å². The minimum atomic E-state index is 0.366. The van der Waals surface area contributed by atoms with E-state index < -0.39 is 0 Å². The van der Waals surface area contributed by atoms with Gasteiger partial charge in [0.2, 0.25) is 0 Å². The second-order valence-electron chi connectivity index (χ2n) is 3.93. The maximum atomic E-state index is 10.8. The average Bonchev–Trinajstić information content (AvgIpc) is 2.26. The second kappa shape index (κ2) is 4.96. The summed E-state index contributed by atoms with van der Waals surface area (Å²) in [7, 11) is 1.68. The van der Waals surface area contributed by atoms with Crippen molar-refractivity contribution >= 4 is 6.29 Å². The molecule has 0 saturated heterocycles. The average molecular weight is 206 g/mol. The summed E-state index contributed by atoms with van der Waals surface area (Å²) in [5.41, 5.74) is 2.95. The molecule has 0 fully saturated rings. The van der Waals surface area contributed by atoms with Gasteiger partial charge in [-0.3, -0.25) is 4.79 Å². The van der Waals surface area contributed by atoms with Gasteiger partial charge in [0, 0.05) is 5.56 Å². The molecule has 0 heterocycles. The number of carbonyl (C=O) groups is 1. The Morgan fingerprint density at radius 3 is 2.47 bits per heavy atom. The number of carbonyl (C=O) groups excluding carboxylic acids is 1. The number of hydrogen-bond donors (Lipinski definition) is 0. The van der Waals surface area contributed by atoms with Crippen molar-refractivity contribution in [3.8, 4) is 5.75 Å². The molecule has 0 atom stereocenters. The number of aryl methyl sites for hydroxylation is 1. The van der Waals surface area contributed by atoms with Crippen molar-refractivity contribution in [2.75, 3.05) is 7.11 Å². The predicted molar refractivity (Wildman–Crippen MR) is 61.8 cm³/mol. The first-order valence-corrected chi connectivity index (χ1v) is 5.30. The van der Waals surface area contributed by atoms with E-state index in [9.17, 15) is 4.79 Å². The molecule has 2 heteroatoms. The van der Waals surface area contributed by atoms with Gasteiger partial charge in [0.25, 0.3) is 0 Å². The molecule has 0 unspecified atom stereocenters. The molecule has 0 aromatic heterocycles. The van der Waals surface area contributed by atoms with Crippen LogP contribution in [0.5, 0.6) is 5.75 Å². The molecule has 0 amide bonds. The monoisotopic (exact) mass is 206 g/mol. The van der Waals surface area contributed by atoms with E-state index in [2.05, 4.69) is 20.8 Å². The molecular weight excluding hydrogens is 188 g/mol. The van der Waals surface area contributed by atoms with Crippen LogP contribution in [-0.2, 0) is 6.42 Å². The molecule has 0 aliphatic heterocycles. The van der Waals surface area contributed by atoms with Crippen molar-refractivity contribution in [2.45, 2.75) is 33.1 Å². The van der Waals surface area contributed by atoms with E-state index in [1.807, 2.05) is 12.1 Å². The molecule has 1 rings (SSSR count). The summed E-state index contributed by atoms with van der Waals surface area (Å²) in [6, 6.07) is 3.81. The maximum absolute atomic E-state index is 10.8.